The number of ether oxygens (including phenoxy) is 1. The van der Waals surface area contributed by atoms with Crippen LogP contribution in [-0.4, -0.2) is 41.8 Å². The number of hydrogen-bond donors (Lipinski definition) is 3. The number of halogens is 1. The lowest BCUT2D eigenvalue weighted by Gasteiger charge is -2.18. The zero-order valence-electron chi connectivity index (χ0n) is 17.9. The van der Waals surface area contributed by atoms with Crippen molar-refractivity contribution in [3.05, 3.63) is 57.6 Å². The van der Waals surface area contributed by atoms with Crippen molar-refractivity contribution in [2.24, 2.45) is 7.05 Å². The molecule has 0 aliphatic rings. The van der Waals surface area contributed by atoms with E-state index in [-0.39, 0.29) is 22.2 Å². The summed E-state index contributed by atoms with van der Waals surface area (Å²) in [7, 11) is 3.24. The smallest absolute Gasteiger partial charge is 0.252 e. The van der Waals surface area contributed by atoms with Gasteiger partial charge in [-0.3, -0.25) is 9.59 Å². The number of aryl methyl sites for hydroxylation is 1. The number of nitrogens with zero attached hydrogens (tertiary/aromatic N) is 3. The fraction of sp³-hybridized carbons (Fsp3) is 0.273. The van der Waals surface area contributed by atoms with Crippen LogP contribution in [0.5, 0.6) is 0 Å². The van der Waals surface area contributed by atoms with Gasteiger partial charge in [0, 0.05) is 49.7 Å². The number of rotatable bonds is 8. The maximum atomic E-state index is 12.4. The molecule has 3 N–H and O–H groups in total. The average molecular weight is 455 g/mol. The highest BCUT2D eigenvalue weighted by atomic mass is 35.5. The van der Waals surface area contributed by atoms with E-state index in [2.05, 4.69) is 20.9 Å². The molecule has 0 bridgehead atoms. The van der Waals surface area contributed by atoms with Crippen LogP contribution in [0.4, 0.5) is 17.1 Å². The summed E-state index contributed by atoms with van der Waals surface area (Å²) in [5, 5.41) is 19.3. The Kier molecular flexibility index (Phi) is 7.30. The van der Waals surface area contributed by atoms with Crippen LogP contribution in [0, 0.1) is 11.3 Å². The summed E-state index contributed by atoms with van der Waals surface area (Å²) in [6.45, 7) is 2.51. The molecule has 0 fully saturated rings. The lowest BCUT2D eigenvalue weighted by molar-refractivity contribution is -0.121. The van der Waals surface area contributed by atoms with Crippen LogP contribution in [0.15, 0.2) is 41.3 Å². The fourth-order valence-corrected chi connectivity index (χ4v) is 3.39. The Balaban J connectivity index is 1.96. The summed E-state index contributed by atoms with van der Waals surface area (Å²) < 4.78 is 6.47. The minimum atomic E-state index is -0.581. The van der Waals surface area contributed by atoms with Gasteiger partial charge in [-0.15, -0.1) is 0 Å². The summed E-state index contributed by atoms with van der Waals surface area (Å²) in [6.07, 6.45) is 1.51. The van der Waals surface area contributed by atoms with Crippen LogP contribution >= 0.6 is 11.6 Å². The average Bonchev–Trinajstić information content (AvgIpc) is 2.77. The first-order valence-electron chi connectivity index (χ1n) is 9.84. The summed E-state index contributed by atoms with van der Waals surface area (Å²) in [5.41, 5.74) is 2.42. The summed E-state index contributed by atoms with van der Waals surface area (Å²) in [6, 6.07) is 9.99. The second kappa shape index (κ2) is 10.1. The molecule has 3 aromatic rings. The Morgan fingerprint density at radius 2 is 2.09 bits per heavy atom. The molecule has 10 heteroatoms. The maximum absolute atomic E-state index is 12.4. The first-order valence-corrected chi connectivity index (χ1v) is 10.2. The first-order chi connectivity index (χ1) is 15.3. The number of amides is 1. The highest BCUT2D eigenvalue weighted by Gasteiger charge is 2.16. The van der Waals surface area contributed by atoms with Gasteiger partial charge in [0.1, 0.15) is 22.8 Å². The molecule has 0 radical (unpaired) electrons. The van der Waals surface area contributed by atoms with Crippen LogP contribution in [0.25, 0.3) is 10.9 Å². The van der Waals surface area contributed by atoms with Crippen LogP contribution in [0.2, 0.25) is 5.15 Å². The van der Waals surface area contributed by atoms with E-state index >= 15 is 0 Å². The molecule has 2 heterocycles. The second-order valence-electron chi connectivity index (χ2n) is 7.10. The third kappa shape index (κ3) is 4.99. The Bertz CT molecular complexity index is 1250. The molecule has 0 aliphatic heterocycles. The third-order valence-corrected chi connectivity index (χ3v) is 5.20. The Morgan fingerprint density at radius 1 is 1.31 bits per heavy atom. The molecule has 1 amide bonds. The number of carbonyl (C=O) groups is 1. The van der Waals surface area contributed by atoms with Crippen LogP contribution in [-0.2, 0) is 16.6 Å². The standard InChI is InChI=1S/C22H23ClN6O3/c1-13(22(31)26-8-9-32-3)27-18-11-20(30)29(2)19-5-4-14(10-15(18)19)28-17-6-7-25-21(23)16(17)12-24/h4-7,10-11,13,27H,8-9H2,1-3H3,(H,25,28)(H,26,31). The van der Waals surface area contributed by atoms with Crippen molar-refractivity contribution < 1.29 is 9.53 Å². The molecule has 0 aliphatic carbocycles. The maximum Gasteiger partial charge on any atom is 0.252 e. The first kappa shape index (κ1) is 23.1. The summed E-state index contributed by atoms with van der Waals surface area (Å²) >= 11 is 6.02. The van der Waals surface area contributed by atoms with Crippen LogP contribution in [0.1, 0.15) is 12.5 Å². The van der Waals surface area contributed by atoms with Crippen LogP contribution in [0.3, 0.4) is 0 Å². The van der Waals surface area contributed by atoms with Crippen molar-refractivity contribution in [2.45, 2.75) is 13.0 Å². The monoisotopic (exact) mass is 454 g/mol. The van der Waals surface area contributed by atoms with Crippen molar-refractivity contribution in [3.8, 4) is 6.07 Å². The number of aromatic nitrogens is 2. The van der Waals surface area contributed by atoms with Gasteiger partial charge >= 0.3 is 0 Å². The van der Waals surface area contributed by atoms with E-state index in [0.717, 1.165) is 5.39 Å². The van der Waals surface area contributed by atoms with Gasteiger partial charge in [-0.25, -0.2) is 4.98 Å². The van der Waals surface area contributed by atoms with E-state index in [4.69, 9.17) is 16.3 Å². The zero-order chi connectivity index (χ0) is 23.3. The minimum absolute atomic E-state index is 0.108. The molecule has 1 aromatic carbocycles. The van der Waals surface area contributed by atoms with E-state index in [1.165, 1.54) is 16.8 Å². The molecule has 0 spiro atoms. The Hall–Kier alpha value is -3.61. The largest absolute Gasteiger partial charge is 0.383 e. The molecule has 3 rings (SSSR count). The van der Waals surface area contributed by atoms with E-state index in [9.17, 15) is 14.9 Å². The van der Waals surface area contributed by atoms with Gasteiger partial charge in [0.15, 0.2) is 0 Å². The lowest BCUT2D eigenvalue weighted by Crippen LogP contribution is -2.39. The van der Waals surface area contributed by atoms with E-state index in [1.807, 2.05) is 12.1 Å². The summed E-state index contributed by atoms with van der Waals surface area (Å²) in [5.74, 6) is -0.213. The topological polar surface area (TPSA) is 121 Å². The lowest BCUT2D eigenvalue weighted by atomic mass is 10.1. The molecule has 1 unspecified atom stereocenters. The van der Waals surface area contributed by atoms with Crippen molar-refractivity contribution in [1.82, 2.24) is 14.9 Å². The van der Waals surface area contributed by atoms with Gasteiger partial charge in [-0.1, -0.05) is 11.6 Å². The van der Waals surface area contributed by atoms with Gasteiger partial charge in [-0.2, -0.15) is 5.26 Å². The van der Waals surface area contributed by atoms with E-state index in [1.54, 1.807) is 39.3 Å². The highest BCUT2D eigenvalue weighted by molar-refractivity contribution is 6.31. The zero-order valence-corrected chi connectivity index (χ0v) is 18.7. The second-order valence-corrected chi connectivity index (χ2v) is 7.46. The minimum Gasteiger partial charge on any atom is -0.383 e. The Labute approximate surface area is 190 Å². The van der Waals surface area contributed by atoms with Gasteiger partial charge in [0.05, 0.1) is 17.8 Å². The molecular weight excluding hydrogens is 432 g/mol. The molecular formula is C22H23ClN6O3. The van der Waals surface area contributed by atoms with Gasteiger partial charge < -0.3 is 25.3 Å². The van der Waals surface area contributed by atoms with Gasteiger partial charge in [-0.05, 0) is 31.2 Å². The number of nitriles is 1. The predicted octanol–water partition coefficient (Wildman–Crippen LogP) is 2.77. The molecule has 0 saturated carbocycles. The SMILES string of the molecule is COCCNC(=O)C(C)Nc1cc(=O)n(C)c2ccc(Nc3ccnc(Cl)c3C#N)cc12. The molecule has 0 saturated heterocycles. The number of carbonyl (C=O) groups excluding carboxylic acids is 1. The van der Waals surface area contributed by atoms with Crippen molar-refractivity contribution >= 4 is 45.5 Å². The van der Waals surface area contributed by atoms with E-state index in [0.29, 0.717) is 35.7 Å². The summed E-state index contributed by atoms with van der Waals surface area (Å²) in [4.78, 5) is 28.7. The number of fused-ring (bicyclic) bond motifs is 1. The molecule has 2 aromatic heterocycles. The quantitative estimate of drug-likeness (QED) is 0.353. The molecule has 32 heavy (non-hydrogen) atoms. The fourth-order valence-electron chi connectivity index (χ4n) is 3.19. The molecule has 166 valence electrons. The van der Waals surface area contributed by atoms with Crippen molar-refractivity contribution in [1.29, 1.82) is 5.26 Å². The number of nitrogens with one attached hydrogen (secondary N) is 3. The third-order valence-electron chi connectivity index (χ3n) is 4.91. The van der Waals surface area contributed by atoms with Gasteiger partial charge in [0.25, 0.3) is 5.56 Å². The van der Waals surface area contributed by atoms with Crippen LogP contribution < -0.4 is 21.5 Å². The Morgan fingerprint density at radius 3 is 2.81 bits per heavy atom. The number of hydrogen-bond acceptors (Lipinski definition) is 7. The van der Waals surface area contributed by atoms with Crippen molar-refractivity contribution in [2.75, 3.05) is 30.9 Å². The molecule has 9 nitrogen and oxygen atoms in total. The molecule has 1 atom stereocenters. The predicted molar refractivity (Wildman–Crippen MR) is 124 cm³/mol. The van der Waals surface area contributed by atoms with Crippen molar-refractivity contribution in [3.63, 3.8) is 0 Å². The normalized spacial score (nSPS) is 11.6. The van der Waals surface area contributed by atoms with E-state index < -0.39 is 6.04 Å². The van der Waals surface area contributed by atoms with Gasteiger partial charge in [0.2, 0.25) is 5.91 Å². The highest BCUT2D eigenvalue weighted by Crippen LogP contribution is 2.29. The number of methoxy groups -OCH3 is 1. The number of benzene rings is 1. The number of pyridine rings is 2. The number of anilines is 3.